The van der Waals surface area contributed by atoms with Gasteiger partial charge in [-0.05, 0) is 0 Å². The van der Waals surface area contributed by atoms with E-state index in [1.807, 2.05) is 0 Å². The van der Waals surface area contributed by atoms with Gasteiger partial charge in [-0.2, -0.15) is 11.8 Å². The summed E-state index contributed by atoms with van der Waals surface area (Å²) in [5, 5.41) is 13.7. The Bertz CT molecular complexity index is 61.4. The Kier molecular flexibility index (Phi) is 2.66. The molecule has 1 unspecified atom stereocenters. The summed E-state index contributed by atoms with van der Waals surface area (Å²) >= 11 is 1.75. The third-order valence-corrected chi connectivity index (χ3v) is 2.20. The first kappa shape index (κ1) is 6.39. The van der Waals surface area contributed by atoms with E-state index in [9.17, 15) is 5.11 Å². The summed E-state index contributed by atoms with van der Waals surface area (Å²) in [6.45, 7) is 1.66. The zero-order valence-corrected chi connectivity index (χ0v) is 5.54. The third kappa shape index (κ3) is 2.03. The Morgan fingerprint density at radius 1 is 1.62 bits per heavy atom. The number of hydrogen-bond donors (Lipinski definition) is 1. The molecule has 1 N–H and O–H groups in total. The van der Waals surface area contributed by atoms with Crippen LogP contribution in [0.1, 0.15) is 0 Å². The number of rotatable bonds is 0. The lowest BCUT2D eigenvalue weighted by atomic mass is 10.4. The summed E-state index contributed by atoms with van der Waals surface area (Å²) in [5.41, 5.74) is 0. The lowest BCUT2D eigenvalue weighted by Crippen LogP contribution is -2.25. The van der Waals surface area contributed by atoms with Crippen LogP contribution in [0.4, 0.5) is 0 Å². The fourth-order valence-corrected chi connectivity index (χ4v) is 1.52. The minimum absolute atomic E-state index is 0.373. The summed E-state index contributed by atoms with van der Waals surface area (Å²) in [6.07, 6.45) is -0.373. The topological polar surface area (TPSA) is 31.9 Å². The fraction of sp³-hybridized carbons (Fsp3) is 1.00. The fourth-order valence-electron chi connectivity index (χ4n) is 0.681. The smallest absolute Gasteiger partial charge is 0.114 e. The monoisotopic (exact) mass is 132 g/mol. The van der Waals surface area contributed by atoms with Gasteiger partial charge < -0.3 is 5.32 Å². The van der Waals surface area contributed by atoms with Gasteiger partial charge in [0.05, 0.1) is 0 Å². The molecule has 47 valence electrons. The van der Waals surface area contributed by atoms with Crippen molar-refractivity contribution >= 4 is 11.8 Å². The van der Waals surface area contributed by atoms with Crippen LogP contribution in [0.5, 0.6) is 0 Å². The molecule has 0 aromatic carbocycles. The van der Waals surface area contributed by atoms with Crippen molar-refractivity contribution in [3.05, 3.63) is 0 Å². The molecule has 3 heteroatoms. The van der Waals surface area contributed by atoms with E-state index in [0.29, 0.717) is 6.54 Å². The van der Waals surface area contributed by atoms with Gasteiger partial charge in [0.2, 0.25) is 0 Å². The van der Waals surface area contributed by atoms with E-state index >= 15 is 0 Å². The molecule has 1 heterocycles. The van der Waals surface area contributed by atoms with Crippen LogP contribution in [0.3, 0.4) is 0 Å². The van der Waals surface area contributed by atoms with Gasteiger partial charge in [-0.3, -0.25) is 0 Å². The van der Waals surface area contributed by atoms with Crippen molar-refractivity contribution in [1.29, 1.82) is 0 Å². The second-order valence-electron chi connectivity index (χ2n) is 1.90. The molecule has 1 saturated heterocycles. The molecule has 0 saturated carbocycles. The van der Waals surface area contributed by atoms with Crippen molar-refractivity contribution in [1.82, 2.24) is 5.32 Å². The average Bonchev–Trinajstić information content (AvgIpc) is 1.94. The number of hydrogen-bond acceptors (Lipinski definition) is 2. The van der Waals surface area contributed by atoms with E-state index in [1.165, 1.54) is 0 Å². The van der Waals surface area contributed by atoms with E-state index in [4.69, 9.17) is 0 Å². The van der Waals surface area contributed by atoms with E-state index < -0.39 is 0 Å². The second-order valence-corrected chi connectivity index (χ2v) is 3.05. The first-order chi connectivity index (χ1) is 3.89. The molecule has 1 atom stereocenters. The molecule has 0 spiro atoms. The Morgan fingerprint density at radius 2 is 2.50 bits per heavy atom. The summed E-state index contributed by atoms with van der Waals surface area (Å²) in [6, 6.07) is 0. The van der Waals surface area contributed by atoms with Gasteiger partial charge in [0.25, 0.3) is 0 Å². The highest BCUT2D eigenvalue weighted by molar-refractivity contribution is 7.99. The maximum atomic E-state index is 10.7. The molecule has 1 aliphatic rings. The molecule has 8 heavy (non-hydrogen) atoms. The Balaban J connectivity index is 2.17. The van der Waals surface area contributed by atoms with Gasteiger partial charge in [-0.15, -0.1) is 0 Å². The van der Waals surface area contributed by atoms with Crippen LogP contribution < -0.4 is 5.32 Å². The average molecular weight is 132 g/mol. The highest BCUT2D eigenvalue weighted by Gasteiger charge is 2.08. The molecule has 0 amide bonds. The molecular formula is C5H10NOS. The standard InChI is InChI=1S/C5H10NOS/c7-5-3-6-1-2-8-4-5/h5-6H,1-4H2. The highest BCUT2D eigenvalue weighted by Crippen LogP contribution is 2.04. The minimum atomic E-state index is -0.373. The molecule has 1 rings (SSSR count). The van der Waals surface area contributed by atoms with Crippen molar-refractivity contribution in [3.63, 3.8) is 0 Å². The normalized spacial score (nSPS) is 31.9. The SMILES string of the molecule is [O]C1CNCCSC1. The zero-order chi connectivity index (χ0) is 5.82. The van der Waals surface area contributed by atoms with Gasteiger partial charge in [0.15, 0.2) is 0 Å². The number of thioether (sulfide) groups is 1. The van der Waals surface area contributed by atoms with E-state index in [2.05, 4.69) is 5.32 Å². The largest absolute Gasteiger partial charge is 0.313 e. The Labute approximate surface area is 53.7 Å². The summed E-state index contributed by atoms with van der Waals surface area (Å²) in [4.78, 5) is 0. The zero-order valence-electron chi connectivity index (χ0n) is 4.72. The quantitative estimate of drug-likeness (QED) is 0.508. The molecular weight excluding hydrogens is 122 g/mol. The van der Waals surface area contributed by atoms with Crippen LogP contribution in [0.2, 0.25) is 0 Å². The summed E-state index contributed by atoms with van der Waals surface area (Å²) < 4.78 is 0. The minimum Gasteiger partial charge on any atom is -0.313 e. The Hall–Kier alpha value is 0.270. The molecule has 1 aliphatic heterocycles. The van der Waals surface area contributed by atoms with Crippen LogP contribution in [0, 0.1) is 0 Å². The first-order valence-corrected chi connectivity index (χ1v) is 3.99. The van der Waals surface area contributed by atoms with Crippen molar-refractivity contribution in [2.24, 2.45) is 0 Å². The summed E-state index contributed by atoms with van der Waals surface area (Å²) in [5.74, 6) is 1.88. The van der Waals surface area contributed by atoms with Crippen molar-refractivity contribution in [2.45, 2.75) is 6.10 Å². The van der Waals surface area contributed by atoms with Crippen molar-refractivity contribution < 1.29 is 5.11 Å². The van der Waals surface area contributed by atoms with Gasteiger partial charge in [0, 0.05) is 24.6 Å². The molecule has 0 aromatic rings. The molecule has 1 radical (unpaired) electrons. The van der Waals surface area contributed by atoms with Gasteiger partial charge >= 0.3 is 0 Å². The summed E-state index contributed by atoms with van der Waals surface area (Å²) in [7, 11) is 0. The molecule has 0 aliphatic carbocycles. The van der Waals surface area contributed by atoms with Crippen LogP contribution >= 0.6 is 11.8 Å². The molecule has 0 aromatic heterocycles. The lowest BCUT2D eigenvalue weighted by molar-refractivity contribution is 0.110. The second kappa shape index (κ2) is 3.33. The maximum Gasteiger partial charge on any atom is 0.114 e. The van der Waals surface area contributed by atoms with Crippen LogP contribution in [-0.4, -0.2) is 30.7 Å². The molecule has 1 fully saturated rings. The van der Waals surface area contributed by atoms with Crippen LogP contribution in [0.15, 0.2) is 0 Å². The van der Waals surface area contributed by atoms with Gasteiger partial charge in [-0.25, -0.2) is 5.11 Å². The predicted molar refractivity (Wildman–Crippen MR) is 34.7 cm³/mol. The van der Waals surface area contributed by atoms with Crippen molar-refractivity contribution in [3.8, 4) is 0 Å². The van der Waals surface area contributed by atoms with Crippen LogP contribution in [-0.2, 0) is 5.11 Å². The number of nitrogens with one attached hydrogen (secondary N) is 1. The predicted octanol–water partition coefficient (Wildman–Crippen LogP) is 0.122. The van der Waals surface area contributed by atoms with Crippen molar-refractivity contribution in [2.75, 3.05) is 24.6 Å². The third-order valence-electron chi connectivity index (χ3n) is 1.10. The first-order valence-electron chi connectivity index (χ1n) is 2.84. The highest BCUT2D eigenvalue weighted by atomic mass is 32.2. The van der Waals surface area contributed by atoms with E-state index in [1.54, 1.807) is 11.8 Å². The lowest BCUT2D eigenvalue weighted by Gasteiger charge is -1.99. The molecule has 0 bridgehead atoms. The van der Waals surface area contributed by atoms with Gasteiger partial charge in [0.1, 0.15) is 6.10 Å². The Morgan fingerprint density at radius 3 is 3.38 bits per heavy atom. The van der Waals surface area contributed by atoms with E-state index in [0.717, 1.165) is 18.1 Å². The van der Waals surface area contributed by atoms with Crippen LogP contribution in [0.25, 0.3) is 0 Å². The van der Waals surface area contributed by atoms with Gasteiger partial charge in [-0.1, -0.05) is 0 Å². The van der Waals surface area contributed by atoms with E-state index in [-0.39, 0.29) is 6.10 Å². The maximum absolute atomic E-state index is 10.7. The molecule has 2 nitrogen and oxygen atoms in total.